The van der Waals surface area contributed by atoms with E-state index >= 15 is 0 Å². The molecule has 0 bridgehead atoms. The minimum atomic E-state index is -0.543. The fraction of sp³-hybridized carbons (Fsp3) is 0.786. The van der Waals surface area contributed by atoms with Gasteiger partial charge in [0.1, 0.15) is 5.75 Å². The molecular formula is C42H70O5. The molecule has 1 unspecified atom stereocenters. The van der Waals surface area contributed by atoms with Crippen molar-refractivity contribution in [1.82, 2.24) is 0 Å². The molecule has 3 rings (SSSR count). The Bertz CT molecular complexity index is 1030. The molecule has 5 heteroatoms. The van der Waals surface area contributed by atoms with Crippen LogP contribution in [0.15, 0.2) is 30.4 Å². The van der Waals surface area contributed by atoms with Crippen molar-refractivity contribution >= 4 is 5.97 Å². The lowest BCUT2D eigenvalue weighted by Crippen LogP contribution is -2.34. The highest BCUT2D eigenvalue weighted by Crippen LogP contribution is 2.45. The Morgan fingerprint density at radius 3 is 2.17 bits per heavy atom. The Morgan fingerprint density at radius 1 is 0.915 bits per heavy atom. The van der Waals surface area contributed by atoms with Crippen LogP contribution in [0.3, 0.4) is 0 Å². The molecule has 0 amide bonds. The Labute approximate surface area is 288 Å². The molecule has 2 N–H and O–H groups in total. The number of benzene rings is 1. The van der Waals surface area contributed by atoms with E-state index in [1.165, 1.54) is 89.0 Å². The maximum Gasteiger partial charge on any atom is 0.333 e. The number of aliphatic hydroxyl groups excluding tert-OH is 2. The van der Waals surface area contributed by atoms with Gasteiger partial charge in [0, 0.05) is 17.4 Å². The summed E-state index contributed by atoms with van der Waals surface area (Å²) in [6.07, 6.45) is 23.0. The molecule has 0 spiro atoms. The van der Waals surface area contributed by atoms with Crippen LogP contribution in [0.25, 0.3) is 0 Å². The summed E-state index contributed by atoms with van der Waals surface area (Å²) in [5, 5.41) is 20.7. The highest BCUT2D eigenvalue weighted by molar-refractivity contribution is 5.86. The number of rotatable bonds is 22. The van der Waals surface area contributed by atoms with Gasteiger partial charge in [-0.15, -0.1) is 0 Å². The molecule has 5 nitrogen and oxygen atoms in total. The van der Waals surface area contributed by atoms with E-state index in [1.54, 1.807) is 6.92 Å². The molecule has 0 radical (unpaired) electrons. The van der Waals surface area contributed by atoms with Gasteiger partial charge in [-0.3, -0.25) is 0 Å². The summed E-state index contributed by atoms with van der Waals surface area (Å²) in [6, 6.07) is 6.64. The minimum Gasteiger partial charge on any atom is -0.493 e. The van der Waals surface area contributed by atoms with Crippen LogP contribution < -0.4 is 4.74 Å². The van der Waals surface area contributed by atoms with E-state index in [1.807, 2.05) is 0 Å². The average Bonchev–Trinajstić information content (AvgIpc) is 3.10. The Kier molecular flexibility index (Phi) is 17.9. The van der Waals surface area contributed by atoms with E-state index in [0.29, 0.717) is 36.9 Å². The summed E-state index contributed by atoms with van der Waals surface area (Å²) < 4.78 is 11.9. The highest BCUT2D eigenvalue weighted by atomic mass is 16.5. The normalized spacial score (nSPS) is 22.5. The second-order valence-electron chi connectivity index (χ2n) is 15.5. The van der Waals surface area contributed by atoms with Crippen LogP contribution in [0, 0.1) is 29.1 Å². The summed E-state index contributed by atoms with van der Waals surface area (Å²) in [4.78, 5) is 12.1. The molecule has 2 aliphatic carbocycles. The largest absolute Gasteiger partial charge is 0.493 e. The third-order valence-electron chi connectivity index (χ3n) is 11.9. The van der Waals surface area contributed by atoms with Crippen molar-refractivity contribution in [2.24, 2.45) is 29.1 Å². The second kappa shape index (κ2) is 21.3. The number of unbranched alkanes of at least 4 members (excludes halogenated alkanes) is 3. The maximum atomic E-state index is 12.1. The molecule has 0 aliphatic heterocycles. The van der Waals surface area contributed by atoms with E-state index in [0.717, 1.165) is 54.7 Å². The van der Waals surface area contributed by atoms with Crippen molar-refractivity contribution in [3.63, 3.8) is 0 Å². The topological polar surface area (TPSA) is 76.0 Å². The van der Waals surface area contributed by atoms with Gasteiger partial charge < -0.3 is 19.7 Å². The first-order valence-electron chi connectivity index (χ1n) is 19.6. The van der Waals surface area contributed by atoms with Gasteiger partial charge in [-0.2, -0.15) is 0 Å². The first-order valence-corrected chi connectivity index (χ1v) is 19.6. The molecule has 2 fully saturated rings. The van der Waals surface area contributed by atoms with E-state index in [4.69, 9.17) is 9.47 Å². The predicted octanol–water partition coefficient (Wildman–Crippen LogP) is 10.4. The highest BCUT2D eigenvalue weighted by Gasteiger charge is 2.33. The van der Waals surface area contributed by atoms with Crippen molar-refractivity contribution in [2.45, 2.75) is 156 Å². The van der Waals surface area contributed by atoms with Gasteiger partial charge in [-0.1, -0.05) is 104 Å². The number of esters is 1. The zero-order valence-corrected chi connectivity index (χ0v) is 30.7. The van der Waals surface area contributed by atoms with Gasteiger partial charge >= 0.3 is 5.97 Å². The predicted molar refractivity (Wildman–Crippen MR) is 195 cm³/mol. The first-order chi connectivity index (χ1) is 22.8. The summed E-state index contributed by atoms with van der Waals surface area (Å²) in [6.45, 7) is 12.7. The summed E-state index contributed by atoms with van der Waals surface area (Å²) in [5.74, 6) is 4.30. The summed E-state index contributed by atoms with van der Waals surface area (Å²) in [7, 11) is 0. The van der Waals surface area contributed by atoms with E-state index in [-0.39, 0.29) is 25.8 Å². The quantitative estimate of drug-likeness (QED) is 0.0739. The fourth-order valence-electron chi connectivity index (χ4n) is 8.49. The third kappa shape index (κ3) is 12.8. The lowest BCUT2D eigenvalue weighted by atomic mass is 9.68. The number of hydrogen-bond donors (Lipinski definition) is 2. The Morgan fingerprint density at radius 2 is 1.57 bits per heavy atom. The zero-order chi connectivity index (χ0) is 34.1. The smallest absolute Gasteiger partial charge is 0.333 e. The minimum absolute atomic E-state index is 0.0405. The van der Waals surface area contributed by atoms with Crippen LogP contribution in [0.1, 0.15) is 160 Å². The van der Waals surface area contributed by atoms with Gasteiger partial charge in [0.2, 0.25) is 0 Å². The molecule has 1 aromatic carbocycles. The molecule has 1 atom stereocenters. The van der Waals surface area contributed by atoms with Crippen molar-refractivity contribution in [1.29, 1.82) is 0 Å². The van der Waals surface area contributed by atoms with Crippen LogP contribution in [0.5, 0.6) is 5.75 Å². The molecule has 2 saturated carbocycles. The van der Waals surface area contributed by atoms with Gasteiger partial charge in [0.25, 0.3) is 0 Å². The van der Waals surface area contributed by atoms with E-state index in [9.17, 15) is 15.0 Å². The van der Waals surface area contributed by atoms with E-state index in [2.05, 4.69) is 45.5 Å². The van der Waals surface area contributed by atoms with Crippen molar-refractivity contribution in [3.05, 3.63) is 41.5 Å². The number of carbonyl (C=O) groups excluding carboxylic acids is 1. The zero-order valence-electron chi connectivity index (χ0n) is 30.7. The molecule has 0 heterocycles. The SMILES string of the molecule is C=C(C)C(=O)OCCc1cc(C2CCC(C3CCC(CCCCC)CC3)CC2)ccc1OCCC(CO)(CO)CC(CC)CCCC. The standard InChI is InChI=1S/C42H70O5/c1-6-9-11-13-34-14-16-35(17-15-34)36-18-20-37(21-19-36)38-22-23-40(39(28-38)24-26-47-41(45)32(4)5)46-27-25-42(30-43,31-44)29-33(8-3)12-10-7-2/h22-23,28,33-37,43-44H,4,6-21,24-27,29-31H2,1-3,5H3. The molecule has 268 valence electrons. The number of carbonyl (C=O) groups is 1. The molecule has 2 aliphatic rings. The van der Waals surface area contributed by atoms with Crippen molar-refractivity contribution in [2.75, 3.05) is 26.4 Å². The van der Waals surface area contributed by atoms with Crippen molar-refractivity contribution in [3.8, 4) is 5.75 Å². The molecule has 1 aromatic rings. The lowest BCUT2D eigenvalue weighted by Gasteiger charge is -2.38. The summed E-state index contributed by atoms with van der Waals surface area (Å²) >= 11 is 0. The Hall–Kier alpha value is -1.85. The monoisotopic (exact) mass is 655 g/mol. The van der Waals surface area contributed by atoms with Gasteiger partial charge in [0.05, 0.1) is 26.4 Å². The fourth-order valence-corrected chi connectivity index (χ4v) is 8.49. The summed E-state index contributed by atoms with van der Waals surface area (Å²) in [5.41, 5.74) is 2.30. The third-order valence-corrected chi connectivity index (χ3v) is 11.9. The van der Waals surface area contributed by atoms with Gasteiger partial charge in [-0.25, -0.2) is 4.79 Å². The maximum absolute atomic E-state index is 12.1. The first kappa shape index (κ1) is 39.6. The molecular weight excluding hydrogens is 584 g/mol. The molecule has 0 saturated heterocycles. The number of aliphatic hydroxyl groups is 2. The van der Waals surface area contributed by atoms with Crippen LogP contribution in [-0.4, -0.2) is 42.6 Å². The van der Waals surface area contributed by atoms with E-state index < -0.39 is 5.41 Å². The lowest BCUT2D eigenvalue weighted by molar-refractivity contribution is -0.138. The van der Waals surface area contributed by atoms with Crippen LogP contribution in [-0.2, 0) is 16.0 Å². The van der Waals surface area contributed by atoms with Crippen LogP contribution in [0.4, 0.5) is 0 Å². The number of hydrogen-bond acceptors (Lipinski definition) is 5. The van der Waals surface area contributed by atoms with Crippen LogP contribution in [0.2, 0.25) is 0 Å². The van der Waals surface area contributed by atoms with Crippen LogP contribution >= 0.6 is 0 Å². The molecule has 47 heavy (non-hydrogen) atoms. The number of ether oxygens (including phenoxy) is 2. The molecule has 0 aromatic heterocycles. The van der Waals surface area contributed by atoms with Gasteiger partial charge in [-0.05, 0) is 105 Å². The second-order valence-corrected chi connectivity index (χ2v) is 15.5. The Balaban J connectivity index is 1.61. The van der Waals surface area contributed by atoms with Crippen molar-refractivity contribution < 1.29 is 24.5 Å². The van der Waals surface area contributed by atoms with Gasteiger partial charge in [0.15, 0.2) is 0 Å². The average molecular weight is 655 g/mol.